The number of ether oxygens (including phenoxy) is 1. The van der Waals surface area contributed by atoms with Crippen molar-refractivity contribution >= 4 is 39.1 Å². The SMILES string of the molecule is CCNC(=O)[C@H](C)N(CCc1ccccc1)C(=O)CN(c1ccc(OC)c(Cl)c1)S(=O)(=O)c1ccc(C)cc1. The summed E-state index contributed by atoms with van der Waals surface area (Å²) in [7, 11) is -2.72. The van der Waals surface area contributed by atoms with Gasteiger partial charge in [-0.25, -0.2) is 8.42 Å². The molecule has 0 spiro atoms. The molecule has 3 rings (SSSR count). The number of rotatable bonds is 12. The number of carbonyl (C=O) groups excluding carboxylic acids is 2. The smallest absolute Gasteiger partial charge is 0.264 e. The molecule has 0 unspecified atom stereocenters. The number of hydrogen-bond acceptors (Lipinski definition) is 5. The number of hydrogen-bond donors (Lipinski definition) is 1. The van der Waals surface area contributed by atoms with Crippen molar-refractivity contribution in [1.29, 1.82) is 0 Å². The zero-order valence-electron chi connectivity index (χ0n) is 22.6. The fourth-order valence-corrected chi connectivity index (χ4v) is 5.73. The second kappa shape index (κ2) is 13.5. The summed E-state index contributed by atoms with van der Waals surface area (Å²) < 4.78 is 33.9. The van der Waals surface area contributed by atoms with Crippen molar-refractivity contribution < 1.29 is 22.7 Å². The van der Waals surface area contributed by atoms with E-state index >= 15 is 0 Å². The van der Waals surface area contributed by atoms with E-state index in [9.17, 15) is 18.0 Å². The summed E-state index contributed by atoms with van der Waals surface area (Å²) in [6.45, 7) is 5.39. The molecule has 0 saturated heterocycles. The molecule has 0 fully saturated rings. The molecule has 0 aromatic heterocycles. The molecule has 208 valence electrons. The number of methoxy groups -OCH3 is 1. The highest BCUT2D eigenvalue weighted by Gasteiger charge is 2.32. The number of carbonyl (C=O) groups is 2. The van der Waals surface area contributed by atoms with Crippen LogP contribution in [-0.4, -0.2) is 57.9 Å². The molecule has 8 nitrogen and oxygen atoms in total. The molecule has 39 heavy (non-hydrogen) atoms. The van der Waals surface area contributed by atoms with E-state index in [1.165, 1.54) is 36.3 Å². The van der Waals surface area contributed by atoms with Crippen LogP contribution in [0.3, 0.4) is 0 Å². The highest BCUT2D eigenvalue weighted by Crippen LogP contribution is 2.32. The van der Waals surface area contributed by atoms with Crippen LogP contribution in [0.1, 0.15) is 25.0 Å². The van der Waals surface area contributed by atoms with Gasteiger partial charge in [0, 0.05) is 13.1 Å². The standard InChI is InChI=1S/C29H34ClN3O5S/c1-5-31-29(35)22(3)32(18-17-23-9-7-6-8-10-23)28(34)20-33(24-13-16-27(38-4)26(30)19-24)39(36,37)25-14-11-21(2)12-15-25/h6-16,19,22H,5,17-18,20H2,1-4H3,(H,31,35)/t22-/m0/s1. The largest absolute Gasteiger partial charge is 0.495 e. The normalized spacial score (nSPS) is 11.9. The molecular formula is C29H34ClN3O5S. The average Bonchev–Trinajstić information content (AvgIpc) is 2.92. The molecule has 0 aliphatic rings. The third kappa shape index (κ3) is 7.52. The monoisotopic (exact) mass is 571 g/mol. The quantitative estimate of drug-likeness (QED) is 0.346. The Balaban J connectivity index is 2.01. The van der Waals surface area contributed by atoms with Crippen LogP contribution in [0.25, 0.3) is 0 Å². The molecular weight excluding hydrogens is 538 g/mol. The minimum atomic E-state index is -4.17. The Morgan fingerprint density at radius 2 is 1.69 bits per heavy atom. The topological polar surface area (TPSA) is 96.0 Å². The van der Waals surface area contributed by atoms with Gasteiger partial charge in [0.2, 0.25) is 11.8 Å². The number of sulfonamides is 1. The second-order valence-corrected chi connectivity index (χ2v) is 11.3. The van der Waals surface area contributed by atoms with E-state index < -0.39 is 28.5 Å². The Morgan fingerprint density at radius 1 is 1.03 bits per heavy atom. The van der Waals surface area contributed by atoms with Crippen LogP contribution in [0.5, 0.6) is 5.75 Å². The Morgan fingerprint density at radius 3 is 2.28 bits per heavy atom. The van der Waals surface area contributed by atoms with E-state index in [1.807, 2.05) is 37.3 Å². The van der Waals surface area contributed by atoms with E-state index in [0.717, 1.165) is 15.4 Å². The number of aryl methyl sites for hydroxylation is 1. The number of amides is 2. The molecule has 1 atom stereocenters. The lowest BCUT2D eigenvalue weighted by atomic mass is 10.1. The fourth-order valence-electron chi connectivity index (χ4n) is 4.07. The van der Waals surface area contributed by atoms with Crippen LogP contribution in [-0.2, 0) is 26.0 Å². The molecule has 10 heteroatoms. The summed E-state index contributed by atoms with van der Waals surface area (Å²) in [6.07, 6.45) is 0.495. The van der Waals surface area contributed by atoms with Gasteiger partial charge in [0.1, 0.15) is 18.3 Å². The molecule has 0 bridgehead atoms. The first-order valence-corrected chi connectivity index (χ1v) is 14.4. The maximum atomic E-state index is 13.9. The van der Waals surface area contributed by atoms with Crippen molar-refractivity contribution in [3.63, 3.8) is 0 Å². The van der Waals surface area contributed by atoms with Crippen LogP contribution in [0.2, 0.25) is 5.02 Å². The van der Waals surface area contributed by atoms with E-state index in [-0.39, 0.29) is 28.1 Å². The van der Waals surface area contributed by atoms with E-state index in [4.69, 9.17) is 16.3 Å². The van der Waals surface area contributed by atoms with Gasteiger partial charge in [0.25, 0.3) is 10.0 Å². The summed E-state index contributed by atoms with van der Waals surface area (Å²) in [5.41, 5.74) is 2.08. The summed E-state index contributed by atoms with van der Waals surface area (Å²) in [5.74, 6) is -0.472. The minimum Gasteiger partial charge on any atom is -0.495 e. The molecule has 2 amide bonds. The van der Waals surface area contributed by atoms with Gasteiger partial charge in [-0.15, -0.1) is 0 Å². The number of anilines is 1. The van der Waals surface area contributed by atoms with Crippen LogP contribution >= 0.6 is 11.6 Å². The highest BCUT2D eigenvalue weighted by molar-refractivity contribution is 7.92. The average molecular weight is 572 g/mol. The number of benzene rings is 3. The van der Waals surface area contributed by atoms with Gasteiger partial charge >= 0.3 is 0 Å². The van der Waals surface area contributed by atoms with E-state index in [0.29, 0.717) is 18.7 Å². The zero-order valence-corrected chi connectivity index (χ0v) is 24.1. The highest BCUT2D eigenvalue weighted by atomic mass is 35.5. The summed E-state index contributed by atoms with van der Waals surface area (Å²) in [4.78, 5) is 28.0. The molecule has 1 N–H and O–H groups in total. The first-order valence-electron chi connectivity index (χ1n) is 12.6. The predicted molar refractivity (Wildman–Crippen MR) is 154 cm³/mol. The third-order valence-corrected chi connectivity index (χ3v) is 8.40. The van der Waals surface area contributed by atoms with Crippen molar-refractivity contribution in [1.82, 2.24) is 10.2 Å². The maximum Gasteiger partial charge on any atom is 0.264 e. The Hall–Kier alpha value is -3.56. The lowest BCUT2D eigenvalue weighted by molar-refractivity contribution is -0.138. The number of nitrogens with one attached hydrogen (secondary N) is 1. The van der Waals surface area contributed by atoms with Crippen molar-refractivity contribution in [2.24, 2.45) is 0 Å². The lowest BCUT2D eigenvalue weighted by Gasteiger charge is -2.32. The van der Waals surface area contributed by atoms with Crippen molar-refractivity contribution in [3.8, 4) is 5.75 Å². The summed E-state index contributed by atoms with van der Waals surface area (Å²) in [5, 5.41) is 2.95. The number of nitrogens with zero attached hydrogens (tertiary/aromatic N) is 2. The Bertz CT molecular complexity index is 1380. The molecule has 0 aliphatic heterocycles. The van der Waals surface area contributed by atoms with Gasteiger partial charge in [0.05, 0.1) is 22.7 Å². The Kier molecular flexibility index (Phi) is 10.4. The first-order chi connectivity index (χ1) is 18.6. The molecule has 3 aromatic rings. The van der Waals surface area contributed by atoms with E-state index in [2.05, 4.69) is 5.32 Å². The van der Waals surface area contributed by atoms with Crippen molar-refractivity contribution in [3.05, 3.63) is 88.9 Å². The first kappa shape index (κ1) is 30.0. The van der Waals surface area contributed by atoms with Crippen molar-refractivity contribution in [2.45, 2.75) is 38.1 Å². The van der Waals surface area contributed by atoms with Gasteiger partial charge in [-0.2, -0.15) is 0 Å². The fraction of sp³-hybridized carbons (Fsp3) is 0.310. The summed E-state index contributed by atoms with van der Waals surface area (Å²) >= 11 is 6.34. The molecule has 0 aliphatic carbocycles. The number of likely N-dealkylation sites (N-methyl/N-ethyl adjacent to an activating group) is 1. The zero-order chi connectivity index (χ0) is 28.6. The summed E-state index contributed by atoms with van der Waals surface area (Å²) in [6, 6.07) is 19.7. The third-order valence-electron chi connectivity index (χ3n) is 6.31. The van der Waals surface area contributed by atoms with Gasteiger partial charge in [-0.1, -0.05) is 59.6 Å². The van der Waals surface area contributed by atoms with Gasteiger partial charge in [-0.3, -0.25) is 13.9 Å². The lowest BCUT2D eigenvalue weighted by Crippen LogP contribution is -2.52. The molecule has 3 aromatic carbocycles. The van der Waals surface area contributed by atoms with E-state index in [1.54, 1.807) is 32.0 Å². The van der Waals surface area contributed by atoms with Crippen LogP contribution in [0.4, 0.5) is 5.69 Å². The van der Waals surface area contributed by atoms with Gasteiger partial charge < -0.3 is 15.0 Å². The molecule has 0 heterocycles. The minimum absolute atomic E-state index is 0.0282. The van der Waals surface area contributed by atoms with Crippen LogP contribution in [0.15, 0.2) is 77.7 Å². The van der Waals surface area contributed by atoms with Crippen molar-refractivity contribution in [2.75, 3.05) is 31.0 Å². The predicted octanol–water partition coefficient (Wildman–Crippen LogP) is 4.45. The maximum absolute atomic E-state index is 13.9. The molecule has 0 saturated carbocycles. The van der Waals surface area contributed by atoms with Gasteiger partial charge in [0.15, 0.2) is 0 Å². The second-order valence-electron chi connectivity index (χ2n) is 9.04. The Labute approximate surface area is 235 Å². The number of halogens is 1. The van der Waals surface area contributed by atoms with Crippen LogP contribution in [0, 0.1) is 6.92 Å². The molecule has 0 radical (unpaired) electrons. The van der Waals surface area contributed by atoms with Crippen LogP contribution < -0.4 is 14.4 Å². The van der Waals surface area contributed by atoms with Gasteiger partial charge in [-0.05, 0) is 63.1 Å².